The van der Waals surface area contributed by atoms with Crippen LogP contribution < -0.4 is 16.2 Å². The van der Waals surface area contributed by atoms with Gasteiger partial charge in [0.1, 0.15) is 0 Å². The van der Waals surface area contributed by atoms with Gasteiger partial charge in [-0.15, -0.1) is 11.3 Å². The normalized spacial score (nSPS) is 16.2. The second-order valence-corrected chi connectivity index (χ2v) is 7.67. The third-order valence-electron chi connectivity index (χ3n) is 4.21. The van der Waals surface area contributed by atoms with Crippen LogP contribution in [0.25, 0.3) is 0 Å². The Bertz CT molecular complexity index is 769. The highest BCUT2D eigenvalue weighted by Gasteiger charge is 2.23. The number of hydrazine groups is 1. The Kier molecular flexibility index (Phi) is 5.16. The number of benzene rings is 1. The Labute approximate surface area is 151 Å². The summed E-state index contributed by atoms with van der Waals surface area (Å²) in [5, 5.41) is 5.38. The lowest BCUT2D eigenvalue weighted by molar-refractivity contribution is 0.0943. The zero-order chi connectivity index (χ0) is 17.1. The second-order valence-electron chi connectivity index (χ2n) is 6.30. The number of aryl methyl sites for hydroxylation is 1. The zero-order valence-electron chi connectivity index (χ0n) is 13.8. The largest absolute Gasteiger partial charge is 0.331 e. The molecule has 0 bridgehead atoms. The van der Waals surface area contributed by atoms with E-state index in [2.05, 4.69) is 23.1 Å². The van der Waals surface area contributed by atoms with E-state index < -0.39 is 0 Å². The van der Waals surface area contributed by atoms with E-state index in [9.17, 15) is 4.79 Å². The van der Waals surface area contributed by atoms with E-state index in [0.29, 0.717) is 11.0 Å². The van der Waals surface area contributed by atoms with Crippen LogP contribution in [0.1, 0.15) is 39.7 Å². The molecule has 0 spiro atoms. The average molecular weight is 360 g/mol. The number of rotatable bonds is 2. The summed E-state index contributed by atoms with van der Waals surface area (Å²) in [5.41, 5.74) is 9.49. The van der Waals surface area contributed by atoms with Gasteiger partial charge < -0.3 is 5.32 Å². The fraction of sp³-hybridized carbons (Fsp3) is 0.333. The van der Waals surface area contributed by atoms with Crippen LogP contribution in [0.5, 0.6) is 0 Å². The van der Waals surface area contributed by atoms with E-state index >= 15 is 0 Å². The number of carbonyl (C=O) groups excluding carboxylic acids is 1. The van der Waals surface area contributed by atoms with Gasteiger partial charge in [0.05, 0.1) is 5.56 Å². The minimum atomic E-state index is -0.129. The van der Waals surface area contributed by atoms with Gasteiger partial charge in [-0.2, -0.15) is 0 Å². The van der Waals surface area contributed by atoms with Gasteiger partial charge in [0.15, 0.2) is 5.11 Å². The molecule has 6 heteroatoms. The van der Waals surface area contributed by atoms with Crippen molar-refractivity contribution in [3.05, 3.63) is 51.2 Å². The highest BCUT2D eigenvalue weighted by atomic mass is 32.1. The summed E-state index contributed by atoms with van der Waals surface area (Å²) >= 11 is 6.91. The van der Waals surface area contributed by atoms with Gasteiger partial charge in [-0.1, -0.05) is 19.1 Å². The Morgan fingerprint density at radius 3 is 2.96 bits per heavy atom. The van der Waals surface area contributed by atoms with E-state index in [-0.39, 0.29) is 5.91 Å². The molecule has 126 valence electrons. The molecule has 0 saturated heterocycles. The maximum atomic E-state index is 12.4. The number of carbonyl (C=O) groups is 1. The fourth-order valence-corrected chi connectivity index (χ4v) is 4.35. The van der Waals surface area contributed by atoms with Crippen LogP contribution in [-0.2, 0) is 12.8 Å². The lowest BCUT2D eigenvalue weighted by atomic mass is 9.88. The monoisotopic (exact) mass is 359 g/mol. The van der Waals surface area contributed by atoms with Crippen molar-refractivity contribution in [3.63, 3.8) is 0 Å². The number of nitrogens with one attached hydrogen (secondary N) is 3. The molecule has 0 saturated carbocycles. The Balaban J connectivity index is 1.57. The minimum absolute atomic E-state index is 0.129. The van der Waals surface area contributed by atoms with Gasteiger partial charge in [-0.05, 0) is 67.6 Å². The SMILES string of the molecule is Cc1cccc(NC(=S)NNC(=O)c2csc3c2CC[C@H](C)C3)c1. The maximum Gasteiger partial charge on any atom is 0.270 e. The van der Waals surface area contributed by atoms with Crippen LogP contribution in [0.2, 0.25) is 0 Å². The van der Waals surface area contributed by atoms with Gasteiger partial charge >= 0.3 is 0 Å². The van der Waals surface area contributed by atoms with Crippen LogP contribution in [0.4, 0.5) is 5.69 Å². The molecule has 3 N–H and O–H groups in total. The molecule has 1 aliphatic carbocycles. The Morgan fingerprint density at radius 1 is 1.33 bits per heavy atom. The molecule has 1 aromatic heterocycles. The molecule has 1 atom stereocenters. The van der Waals surface area contributed by atoms with Gasteiger partial charge in [-0.25, -0.2) is 0 Å². The van der Waals surface area contributed by atoms with Crippen LogP contribution in [0, 0.1) is 12.8 Å². The number of fused-ring (bicyclic) bond motifs is 1. The van der Waals surface area contributed by atoms with E-state index in [0.717, 1.165) is 36.1 Å². The summed E-state index contributed by atoms with van der Waals surface area (Å²) in [7, 11) is 0. The number of amides is 1. The Morgan fingerprint density at radius 2 is 2.17 bits per heavy atom. The third-order valence-corrected chi connectivity index (χ3v) is 5.47. The molecule has 1 amide bonds. The molecule has 0 aliphatic heterocycles. The quantitative estimate of drug-likeness (QED) is 0.564. The van der Waals surface area contributed by atoms with Crippen LogP contribution in [0.3, 0.4) is 0 Å². The predicted molar refractivity (Wildman–Crippen MR) is 104 cm³/mol. The number of anilines is 1. The second kappa shape index (κ2) is 7.32. The van der Waals surface area contributed by atoms with Crippen molar-refractivity contribution in [2.45, 2.75) is 33.1 Å². The fourth-order valence-electron chi connectivity index (χ4n) is 2.93. The lowest BCUT2D eigenvalue weighted by Gasteiger charge is -2.19. The van der Waals surface area contributed by atoms with Gasteiger partial charge in [0.2, 0.25) is 0 Å². The molecule has 24 heavy (non-hydrogen) atoms. The summed E-state index contributed by atoms with van der Waals surface area (Å²) < 4.78 is 0. The van der Waals surface area contributed by atoms with Crippen molar-refractivity contribution in [2.24, 2.45) is 5.92 Å². The first-order valence-electron chi connectivity index (χ1n) is 8.06. The maximum absolute atomic E-state index is 12.4. The van der Waals surface area contributed by atoms with Crippen molar-refractivity contribution >= 4 is 40.3 Å². The molecule has 1 heterocycles. The number of thiocarbonyl (C=S) groups is 1. The molecule has 1 aliphatic rings. The zero-order valence-corrected chi connectivity index (χ0v) is 15.4. The summed E-state index contributed by atoms with van der Waals surface area (Å²) in [5.74, 6) is 0.576. The molecule has 3 rings (SSSR count). The Hall–Kier alpha value is -1.92. The number of hydrogen-bond acceptors (Lipinski definition) is 3. The van der Waals surface area contributed by atoms with Gasteiger partial charge in [-0.3, -0.25) is 15.6 Å². The first-order valence-corrected chi connectivity index (χ1v) is 9.35. The van der Waals surface area contributed by atoms with Crippen molar-refractivity contribution in [1.82, 2.24) is 10.9 Å². The van der Waals surface area contributed by atoms with E-state index in [1.165, 1.54) is 10.4 Å². The molecular weight excluding hydrogens is 338 g/mol. The standard InChI is InChI=1S/C18H21N3OS2/c1-11-4-3-5-13(8-11)19-18(23)21-20-17(22)15-10-24-16-9-12(2)6-7-14(15)16/h3-5,8,10,12H,6-7,9H2,1-2H3,(H,20,22)(H2,19,21,23)/t12-/m0/s1. The molecule has 0 unspecified atom stereocenters. The highest BCUT2D eigenvalue weighted by molar-refractivity contribution is 7.80. The topological polar surface area (TPSA) is 53.2 Å². The first-order chi connectivity index (χ1) is 11.5. The predicted octanol–water partition coefficient (Wildman–Crippen LogP) is 3.81. The molecule has 2 aromatic rings. The van der Waals surface area contributed by atoms with Gasteiger partial charge in [0, 0.05) is 15.9 Å². The van der Waals surface area contributed by atoms with Gasteiger partial charge in [0.25, 0.3) is 5.91 Å². The van der Waals surface area contributed by atoms with Crippen molar-refractivity contribution in [2.75, 3.05) is 5.32 Å². The molecule has 0 fully saturated rings. The lowest BCUT2D eigenvalue weighted by Crippen LogP contribution is -2.44. The summed E-state index contributed by atoms with van der Waals surface area (Å²) in [6.45, 7) is 4.28. The number of hydrogen-bond donors (Lipinski definition) is 3. The number of thiophene rings is 1. The third kappa shape index (κ3) is 3.94. The molecular formula is C18H21N3OS2. The first kappa shape index (κ1) is 16.9. The van der Waals surface area contributed by atoms with Crippen LogP contribution in [-0.4, -0.2) is 11.0 Å². The van der Waals surface area contributed by atoms with E-state index in [4.69, 9.17) is 12.2 Å². The smallest absolute Gasteiger partial charge is 0.270 e. The highest BCUT2D eigenvalue weighted by Crippen LogP contribution is 2.32. The van der Waals surface area contributed by atoms with E-state index in [1.807, 2.05) is 36.6 Å². The van der Waals surface area contributed by atoms with Crippen molar-refractivity contribution in [1.29, 1.82) is 0 Å². The van der Waals surface area contributed by atoms with Crippen molar-refractivity contribution in [3.8, 4) is 0 Å². The van der Waals surface area contributed by atoms with Crippen LogP contribution >= 0.6 is 23.6 Å². The minimum Gasteiger partial charge on any atom is -0.331 e. The van der Waals surface area contributed by atoms with Crippen LogP contribution in [0.15, 0.2) is 29.6 Å². The van der Waals surface area contributed by atoms with Crippen molar-refractivity contribution < 1.29 is 4.79 Å². The molecule has 4 nitrogen and oxygen atoms in total. The summed E-state index contributed by atoms with van der Waals surface area (Å²) in [6, 6.07) is 7.90. The average Bonchev–Trinajstić information content (AvgIpc) is 2.95. The summed E-state index contributed by atoms with van der Waals surface area (Å²) in [6.07, 6.45) is 3.20. The molecule has 1 aromatic carbocycles. The summed E-state index contributed by atoms with van der Waals surface area (Å²) in [4.78, 5) is 13.8. The van der Waals surface area contributed by atoms with E-state index in [1.54, 1.807) is 11.3 Å². The molecule has 0 radical (unpaired) electrons.